The largest absolute Gasteiger partial charge is 0.497 e. The second-order valence-corrected chi connectivity index (χ2v) is 3.89. The normalized spacial score (nSPS) is 10.3. The lowest BCUT2D eigenvalue weighted by Gasteiger charge is -2.05. The molecule has 0 aliphatic carbocycles. The number of methoxy groups -OCH3 is 1. The van der Waals surface area contributed by atoms with Gasteiger partial charge in [-0.15, -0.1) is 0 Å². The highest BCUT2D eigenvalue weighted by Gasteiger charge is 1.99. The minimum Gasteiger partial charge on any atom is -0.497 e. The molecule has 2 rings (SSSR count). The van der Waals surface area contributed by atoms with E-state index in [1.54, 1.807) is 11.8 Å². The van der Waals surface area contributed by atoms with Crippen molar-refractivity contribution in [3.05, 3.63) is 42.1 Å². The molecule has 0 aliphatic heterocycles. The van der Waals surface area contributed by atoms with Crippen LogP contribution in [0.3, 0.4) is 0 Å². The highest BCUT2D eigenvalue weighted by Crippen LogP contribution is 2.13. The number of anilines is 1. The fourth-order valence-corrected chi connectivity index (χ4v) is 1.66. The molecule has 0 amide bonds. The van der Waals surface area contributed by atoms with Crippen molar-refractivity contribution in [3.8, 4) is 5.75 Å². The molecule has 5 heteroatoms. The van der Waals surface area contributed by atoms with Gasteiger partial charge in [0.25, 0.3) is 0 Å². The third-order valence-corrected chi connectivity index (χ3v) is 2.58. The summed E-state index contributed by atoms with van der Waals surface area (Å²) in [5.41, 5.74) is 1.13. The van der Waals surface area contributed by atoms with Crippen molar-refractivity contribution in [3.63, 3.8) is 0 Å². The molecule has 1 aromatic heterocycles. The molecule has 2 N–H and O–H groups in total. The number of benzene rings is 1. The zero-order chi connectivity index (χ0) is 12.8. The zero-order valence-corrected chi connectivity index (χ0v) is 10.3. The maximum atomic E-state index is 8.80. The molecule has 0 aliphatic rings. The Kier molecular flexibility index (Phi) is 4.20. The molecule has 0 spiro atoms. The lowest BCUT2D eigenvalue weighted by atomic mass is 10.2. The van der Waals surface area contributed by atoms with Gasteiger partial charge in [-0.3, -0.25) is 4.68 Å². The Morgan fingerprint density at radius 1 is 1.39 bits per heavy atom. The SMILES string of the molecule is COc1cccc(CNc2ccn(CCO)n2)c1. The zero-order valence-electron chi connectivity index (χ0n) is 10.3. The first-order valence-corrected chi connectivity index (χ1v) is 5.83. The average molecular weight is 247 g/mol. The monoisotopic (exact) mass is 247 g/mol. The van der Waals surface area contributed by atoms with Crippen LogP contribution in [0.1, 0.15) is 5.56 Å². The van der Waals surface area contributed by atoms with Crippen molar-refractivity contribution in [2.75, 3.05) is 19.0 Å². The van der Waals surface area contributed by atoms with Crippen molar-refractivity contribution in [2.45, 2.75) is 13.1 Å². The van der Waals surface area contributed by atoms with E-state index in [4.69, 9.17) is 9.84 Å². The Morgan fingerprint density at radius 3 is 3.06 bits per heavy atom. The van der Waals surface area contributed by atoms with Crippen molar-refractivity contribution in [2.24, 2.45) is 0 Å². The van der Waals surface area contributed by atoms with E-state index >= 15 is 0 Å². The molecular formula is C13H17N3O2. The number of aliphatic hydroxyl groups excluding tert-OH is 1. The van der Waals surface area contributed by atoms with Crippen LogP contribution in [0.5, 0.6) is 5.75 Å². The number of aromatic nitrogens is 2. The third-order valence-electron chi connectivity index (χ3n) is 2.58. The summed E-state index contributed by atoms with van der Waals surface area (Å²) >= 11 is 0. The standard InChI is InChI=1S/C13H17N3O2/c1-18-12-4-2-3-11(9-12)10-14-13-5-6-16(15-13)7-8-17/h2-6,9,17H,7-8,10H2,1H3,(H,14,15). The van der Waals surface area contributed by atoms with E-state index in [-0.39, 0.29) is 6.61 Å². The van der Waals surface area contributed by atoms with Crippen LogP contribution < -0.4 is 10.1 Å². The molecule has 0 unspecified atom stereocenters. The number of nitrogens with one attached hydrogen (secondary N) is 1. The van der Waals surface area contributed by atoms with Crippen LogP contribution >= 0.6 is 0 Å². The molecule has 0 fully saturated rings. The molecule has 0 saturated carbocycles. The van der Waals surface area contributed by atoms with E-state index in [0.29, 0.717) is 13.1 Å². The van der Waals surface area contributed by atoms with Crippen molar-refractivity contribution in [1.82, 2.24) is 9.78 Å². The number of nitrogens with zero attached hydrogens (tertiary/aromatic N) is 2. The predicted molar refractivity (Wildman–Crippen MR) is 69.6 cm³/mol. The van der Waals surface area contributed by atoms with Gasteiger partial charge in [0.1, 0.15) is 11.6 Å². The number of hydrogen-bond acceptors (Lipinski definition) is 4. The Bertz CT molecular complexity index is 496. The lowest BCUT2D eigenvalue weighted by Crippen LogP contribution is -2.04. The molecule has 96 valence electrons. The number of aliphatic hydroxyl groups is 1. The summed E-state index contributed by atoms with van der Waals surface area (Å²) in [6.07, 6.45) is 1.84. The van der Waals surface area contributed by atoms with Crippen LogP contribution in [-0.2, 0) is 13.1 Å². The molecule has 1 heterocycles. The minimum atomic E-state index is 0.0943. The summed E-state index contributed by atoms with van der Waals surface area (Å²) < 4.78 is 6.87. The van der Waals surface area contributed by atoms with E-state index in [0.717, 1.165) is 17.1 Å². The third kappa shape index (κ3) is 3.24. The molecule has 0 atom stereocenters. The van der Waals surface area contributed by atoms with Gasteiger partial charge in [0.15, 0.2) is 0 Å². The van der Waals surface area contributed by atoms with Crippen LogP contribution in [0, 0.1) is 0 Å². The summed E-state index contributed by atoms with van der Waals surface area (Å²) in [7, 11) is 1.66. The summed E-state index contributed by atoms with van der Waals surface area (Å²) in [5, 5.41) is 16.3. The van der Waals surface area contributed by atoms with E-state index in [1.165, 1.54) is 0 Å². The molecular weight excluding hydrogens is 230 g/mol. The van der Waals surface area contributed by atoms with Crippen LogP contribution in [0.2, 0.25) is 0 Å². The second kappa shape index (κ2) is 6.07. The van der Waals surface area contributed by atoms with Crippen LogP contribution in [0.15, 0.2) is 36.5 Å². The summed E-state index contributed by atoms with van der Waals surface area (Å²) in [5.74, 6) is 1.64. The fourth-order valence-electron chi connectivity index (χ4n) is 1.66. The molecule has 2 aromatic rings. The van der Waals surface area contributed by atoms with Gasteiger partial charge in [0, 0.05) is 18.8 Å². The van der Waals surface area contributed by atoms with Gasteiger partial charge in [0.2, 0.25) is 0 Å². The van der Waals surface area contributed by atoms with Gasteiger partial charge in [-0.25, -0.2) is 0 Å². The van der Waals surface area contributed by atoms with Crippen LogP contribution in [-0.4, -0.2) is 28.6 Å². The van der Waals surface area contributed by atoms with Gasteiger partial charge in [0.05, 0.1) is 20.3 Å². The predicted octanol–water partition coefficient (Wildman–Crippen LogP) is 1.50. The van der Waals surface area contributed by atoms with Gasteiger partial charge < -0.3 is 15.2 Å². The summed E-state index contributed by atoms with van der Waals surface area (Å²) in [4.78, 5) is 0. The maximum absolute atomic E-state index is 8.80. The van der Waals surface area contributed by atoms with Gasteiger partial charge in [-0.1, -0.05) is 12.1 Å². The van der Waals surface area contributed by atoms with Gasteiger partial charge in [-0.05, 0) is 17.7 Å². The van der Waals surface area contributed by atoms with Gasteiger partial charge in [-0.2, -0.15) is 5.10 Å². The number of rotatable bonds is 6. The molecule has 0 radical (unpaired) electrons. The molecule has 0 saturated heterocycles. The Morgan fingerprint density at radius 2 is 2.28 bits per heavy atom. The van der Waals surface area contributed by atoms with Gasteiger partial charge >= 0.3 is 0 Å². The minimum absolute atomic E-state index is 0.0943. The van der Waals surface area contributed by atoms with E-state index in [9.17, 15) is 0 Å². The molecule has 5 nitrogen and oxygen atoms in total. The van der Waals surface area contributed by atoms with Crippen molar-refractivity contribution < 1.29 is 9.84 Å². The summed E-state index contributed by atoms with van der Waals surface area (Å²) in [6, 6.07) is 9.77. The van der Waals surface area contributed by atoms with E-state index in [1.807, 2.05) is 36.5 Å². The van der Waals surface area contributed by atoms with Crippen molar-refractivity contribution >= 4 is 5.82 Å². The van der Waals surface area contributed by atoms with Crippen LogP contribution in [0.4, 0.5) is 5.82 Å². The Hall–Kier alpha value is -2.01. The number of ether oxygens (including phenoxy) is 1. The van der Waals surface area contributed by atoms with Crippen LogP contribution in [0.25, 0.3) is 0 Å². The Balaban J connectivity index is 1.93. The quantitative estimate of drug-likeness (QED) is 0.812. The van der Waals surface area contributed by atoms with Crippen molar-refractivity contribution in [1.29, 1.82) is 0 Å². The second-order valence-electron chi connectivity index (χ2n) is 3.89. The highest BCUT2D eigenvalue weighted by atomic mass is 16.5. The van der Waals surface area contributed by atoms with E-state index in [2.05, 4.69) is 10.4 Å². The molecule has 18 heavy (non-hydrogen) atoms. The number of hydrogen-bond donors (Lipinski definition) is 2. The maximum Gasteiger partial charge on any atom is 0.148 e. The lowest BCUT2D eigenvalue weighted by molar-refractivity contribution is 0.269. The Labute approximate surface area is 106 Å². The highest BCUT2D eigenvalue weighted by molar-refractivity contribution is 5.36. The topological polar surface area (TPSA) is 59.3 Å². The average Bonchev–Trinajstić information content (AvgIpc) is 2.85. The summed E-state index contributed by atoms with van der Waals surface area (Å²) in [6.45, 7) is 1.30. The first-order chi connectivity index (χ1) is 8.81. The molecule has 1 aromatic carbocycles. The fraction of sp³-hybridized carbons (Fsp3) is 0.308. The first-order valence-electron chi connectivity index (χ1n) is 5.83. The molecule has 0 bridgehead atoms. The smallest absolute Gasteiger partial charge is 0.148 e. The first kappa shape index (κ1) is 12.4. The van der Waals surface area contributed by atoms with E-state index < -0.39 is 0 Å².